The van der Waals surface area contributed by atoms with Crippen molar-refractivity contribution in [2.75, 3.05) is 0 Å². The zero-order valence-corrected chi connectivity index (χ0v) is 17.0. The van der Waals surface area contributed by atoms with Crippen molar-refractivity contribution in [3.8, 4) is 0 Å². The molecule has 0 aromatic heterocycles. The molecule has 1 atom stereocenters. The van der Waals surface area contributed by atoms with Gasteiger partial charge >= 0.3 is 17.9 Å². The molecule has 0 heterocycles. The van der Waals surface area contributed by atoms with E-state index in [0.29, 0.717) is 6.42 Å². The molecule has 0 saturated carbocycles. The Balaban J connectivity index is 3.43. The average molecular weight is 386 g/mol. The fourth-order valence-electron chi connectivity index (χ4n) is 2.92. The van der Waals surface area contributed by atoms with Gasteiger partial charge in [-0.05, 0) is 12.8 Å². The summed E-state index contributed by atoms with van der Waals surface area (Å²) in [6.45, 7) is 2.24. The highest BCUT2D eigenvalue weighted by Crippen LogP contribution is 2.13. The molecule has 0 aromatic carbocycles. The van der Waals surface area contributed by atoms with Gasteiger partial charge in [0.05, 0.1) is 0 Å². The van der Waals surface area contributed by atoms with Crippen LogP contribution >= 0.6 is 0 Å². The van der Waals surface area contributed by atoms with Gasteiger partial charge in [-0.15, -0.1) is 0 Å². The van der Waals surface area contributed by atoms with E-state index >= 15 is 0 Å². The molecule has 0 fully saturated rings. The Hall–Kier alpha value is -1.43. The summed E-state index contributed by atoms with van der Waals surface area (Å²) in [6.07, 6.45) is 15.9. The Bertz CT molecular complexity index is 411. The number of hydrogen-bond acceptors (Lipinski definition) is 5. The number of carbonyl (C=O) groups is 3. The van der Waals surface area contributed by atoms with Crippen LogP contribution in [0, 0.1) is 0 Å². The number of ether oxygens (including phenoxy) is 1. The molecule has 0 radical (unpaired) electrons. The smallest absolute Gasteiger partial charge is 0.330 e. The number of esters is 2. The van der Waals surface area contributed by atoms with Crippen LogP contribution in [-0.4, -0.2) is 29.1 Å². The second kappa shape index (κ2) is 18.0. The summed E-state index contributed by atoms with van der Waals surface area (Å²) in [4.78, 5) is 33.5. The van der Waals surface area contributed by atoms with Crippen molar-refractivity contribution in [2.45, 2.75) is 116 Å². The van der Waals surface area contributed by atoms with Crippen LogP contribution in [0.4, 0.5) is 0 Å². The normalized spacial score (nSPS) is 11.9. The lowest BCUT2D eigenvalue weighted by molar-refractivity contribution is -0.160. The average Bonchev–Trinajstić information content (AvgIpc) is 2.63. The van der Waals surface area contributed by atoms with Gasteiger partial charge in [0.1, 0.15) is 6.04 Å². The molecule has 0 aliphatic carbocycles. The number of unbranched alkanes of at least 4 members (excludes halogenated alkanes) is 12. The number of carboxylic acids is 1. The highest BCUT2D eigenvalue weighted by molar-refractivity contribution is 5.88. The van der Waals surface area contributed by atoms with Crippen molar-refractivity contribution in [3.05, 3.63) is 0 Å². The van der Waals surface area contributed by atoms with Gasteiger partial charge in [-0.25, -0.2) is 4.79 Å². The van der Waals surface area contributed by atoms with E-state index in [-0.39, 0.29) is 19.3 Å². The third-order valence-corrected chi connectivity index (χ3v) is 4.67. The third-order valence-electron chi connectivity index (χ3n) is 4.67. The van der Waals surface area contributed by atoms with Crippen molar-refractivity contribution in [1.82, 2.24) is 0 Å². The van der Waals surface area contributed by atoms with Crippen molar-refractivity contribution in [1.29, 1.82) is 0 Å². The van der Waals surface area contributed by atoms with Crippen LogP contribution in [0.5, 0.6) is 0 Å². The second-order valence-corrected chi connectivity index (χ2v) is 7.32. The van der Waals surface area contributed by atoms with Crippen molar-refractivity contribution >= 4 is 17.9 Å². The molecule has 6 nitrogen and oxygen atoms in total. The van der Waals surface area contributed by atoms with Crippen molar-refractivity contribution < 1.29 is 24.2 Å². The van der Waals surface area contributed by atoms with Crippen LogP contribution in [0.1, 0.15) is 110 Å². The van der Waals surface area contributed by atoms with Crippen LogP contribution in [0.2, 0.25) is 0 Å². The summed E-state index contributed by atoms with van der Waals surface area (Å²) in [6, 6.07) is -1.06. The summed E-state index contributed by atoms with van der Waals surface area (Å²) in [7, 11) is 0. The topological polar surface area (TPSA) is 107 Å². The minimum absolute atomic E-state index is 0.0276. The maximum Gasteiger partial charge on any atom is 0.330 e. The zero-order chi connectivity index (χ0) is 20.3. The lowest BCUT2D eigenvalue weighted by atomic mass is 10.0. The summed E-state index contributed by atoms with van der Waals surface area (Å²) in [5.74, 6) is -2.44. The Labute approximate surface area is 164 Å². The monoisotopic (exact) mass is 385 g/mol. The molecule has 0 saturated heterocycles. The highest BCUT2D eigenvalue weighted by Gasteiger charge is 2.19. The molecule has 0 amide bonds. The van der Waals surface area contributed by atoms with E-state index in [1.165, 1.54) is 64.2 Å². The molecule has 27 heavy (non-hydrogen) atoms. The van der Waals surface area contributed by atoms with Gasteiger partial charge < -0.3 is 15.6 Å². The number of carboxylic acid groups (broad SMARTS) is 1. The first-order valence-electron chi connectivity index (χ1n) is 10.7. The molecule has 158 valence electrons. The molecule has 0 aromatic rings. The lowest BCUT2D eigenvalue weighted by Crippen LogP contribution is -2.34. The van der Waals surface area contributed by atoms with E-state index in [9.17, 15) is 14.4 Å². The molecular formula is C21H39NO5. The SMILES string of the molecule is CCCCCCCCCCCCCCCC(=O)OC(=O)[C@@H](N)CCC(=O)O. The van der Waals surface area contributed by atoms with Gasteiger partial charge in [0.2, 0.25) is 0 Å². The van der Waals surface area contributed by atoms with Gasteiger partial charge in [-0.3, -0.25) is 9.59 Å². The predicted molar refractivity (Wildman–Crippen MR) is 106 cm³/mol. The van der Waals surface area contributed by atoms with E-state index in [0.717, 1.165) is 12.8 Å². The largest absolute Gasteiger partial charge is 0.481 e. The first-order valence-corrected chi connectivity index (χ1v) is 10.7. The summed E-state index contributed by atoms with van der Waals surface area (Å²) in [5, 5.41) is 8.54. The van der Waals surface area contributed by atoms with Gasteiger partial charge in [0.25, 0.3) is 0 Å². The Morgan fingerprint density at radius 3 is 1.67 bits per heavy atom. The van der Waals surface area contributed by atoms with Gasteiger partial charge in [0.15, 0.2) is 0 Å². The molecule has 0 aliphatic heterocycles. The Morgan fingerprint density at radius 2 is 1.22 bits per heavy atom. The quantitative estimate of drug-likeness (QED) is 0.201. The second-order valence-electron chi connectivity index (χ2n) is 7.32. The first-order chi connectivity index (χ1) is 13.0. The molecule has 0 spiro atoms. The predicted octanol–water partition coefficient (Wildman–Crippen LogP) is 4.73. The fourth-order valence-corrected chi connectivity index (χ4v) is 2.92. The van der Waals surface area contributed by atoms with E-state index < -0.39 is 23.9 Å². The van der Waals surface area contributed by atoms with E-state index in [4.69, 9.17) is 10.8 Å². The van der Waals surface area contributed by atoms with Gasteiger partial charge in [0, 0.05) is 12.8 Å². The van der Waals surface area contributed by atoms with E-state index in [2.05, 4.69) is 11.7 Å². The third kappa shape index (κ3) is 17.7. The number of nitrogens with two attached hydrogens (primary N) is 1. The standard InChI is InChI=1S/C21H39NO5/c1-2-3-4-5-6-7-8-9-10-11-12-13-14-15-20(25)27-21(26)18(22)16-17-19(23)24/h18H,2-17,22H2,1H3,(H,23,24)/t18-/m0/s1. The van der Waals surface area contributed by atoms with Gasteiger partial charge in [-0.1, -0.05) is 84.0 Å². The molecule has 0 bridgehead atoms. The van der Waals surface area contributed by atoms with E-state index in [1.807, 2.05) is 0 Å². The fraction of sp³-hybridized carbons (Fsp3) is 0.857. The summed E-state index contributed by atoms with van der Waals surface area (Å²) < 4.78 is 4.66. The van der Waals surface area contributed by atoms with Crippen molar-refractivity contribution in [3.63, 3.8) is 0 Å². The number of carbonyl (C=O) groups excluding carboxylic acids is 2. The van der Waals surface area contributed by atoms with Crippen LogP contribution in [-0.2, 0) is 19.1 Å². The summed E-state index contributed by atoms with van der Waals surface area (Å²) >= 11 is 0. The number of hydrogen-bond donors (Lipinski definition) is 2. The zero-order valence-electron chi connectivity index (χ0n) is 17.0. The van der Waals surface area contributed by atoms with Gasteiger partial charge in [-0.2, -0.15) is 0 Å². The molecular weight excluding hydrogens is 346 g/mol. The van der Waals surface area contributed by atoms with Crippen LogP contribution < -0.4 is 5.73 Å². The first kappa shape index (κ1) is 25.6. The Morgan fingerprint density at radius 1 is 0.778 bits per heavy atom. The minimum Gasteiger partial charge on any atom is -0.481 e. The minimum atomic E-state index is -1.06. The molecule has 3 N–H and O–H groups in total. The van der Waals surface area contributed by atoms with Crippen LogP contribution in [0.15, 0.2) is 0 Å². The highest BCUT2D eigenvalue weighted by atomic mass is 16.6. The Kier molecular flexibility index (Phi) is 17.0. The molecule has 0 rings (SSSR count). The molecule has 0 unspecified atom stereocenters. The van der Waals surface area contributed by atoms with Crippen LogP contribution in [0.3, 0.4) is 0 Å². The number of rotatable bonds is 18. The lowest BCUT2D eigenvalue weighted by Gasteiger charge is -2.09. The van der Waals surface area contributed by atoms with Crippen LogP contribution in [0.25, 0.3) is 0 Å². The number of aliphatic carboxylic acids is 1. The van der Waals surface area contributed by atoms with E-state index in [1.54, 1.807) is 0 Å². The molecule has 6 heteroatoms. The molecule has 0 aliphatic rings. The maximum atomic E-state index is 11.6. The van der Waals surface area contributed by atoms with Crippen molar-refractivity contribution in [2.24, 2.45) is 5.73 Å². The maximum absolute atomic E-state index is 11.6. The summed E-state index contributed by atoms with van der Waals surface area (Å²) in [5.41, 5.74) is 5.50.